The van der Waals surface area contributed by atoms with E-state index in [1.807, 2.05) is 12.1 Å². The molecule has 0 amide bonds. The summed E-state index contributed by atoms with van der Waals surface area (Å²) in [5.74, 6) is 0.771. The average molecular weight is 275 g/mol. The largest absolute Gasteiger partial charge is 0.492 e. The molecule has 0 aliphatic rings. The molecule has 0 spiro atoms. The van der Waals surface area contributed by atoms with E-state index in [0.29, 0.717) is 12.2 Å². The standard InChI is InChI=1S/C16H25N3O/c1-4-8-19(10-9-18(2)3)11-12-20-16-7-5-6-15(13-16)14-17/h5-7,13H,4,8-12H2,1-3H3. The molecule has 1 aromatic rings. The Hall–Kier alpha value is -1.57. The van der Waals surface area contributed by atoms with E-state index >= 15 is 0 Å². The van der Waals surface area contributed by atoms with Crippen molar-refractivity contribution in [2.24, 2.45) is 0 Å². The van der Waals surface area contributed by atoms with E-state index in [1.165, 1.54) is 0 Å². The second-order valence-corrected chi connectivity index (χ2v) is 5.13. The van der Waals surface area contributed by atoms with Crippen LogP contribution in [-0.4, -0.2) is 56.7 Å². The van der Waals surface area contributed by atoms with Crippen LogP contribution in [0.4, 0.5) is 0 Å². The van der Waals surface area contributed by atoms with Gasteiger partial charge in [0, 0.05) is 19.6 Å². The minimum Gasteiger partial charge on any atom is -0.492 e. The van der Waals surface area contributed by atoms with E-state index in [0.717, 1.165) is 38.3 Å². The van der Waals surface area contributed by atoms with Crippen molar-refractivity contribution in [2.75, 3.05) is 46.9 Å². The van der Waals surface area contributed by atoms with E-state index in [1.54, 1.807) is 12.1 Å². The lowest BCUT2D eigenvalue weighted by Gasteiger charge is -2.23. The number of rotatable bonds is 9. The molecule has 0 unspecified atom stereocenters. The molecule has 20 heavy (non-hydrogen) atoms. The Morgan fingerprint density at radius 3 is 2.60 bits per heavy atom. The van der Waals surface area contributed by atoms with Crippen LogP contribution >= 0.6 is 0 Å². The van der Waals surface area contributed by atoms with Gasteiger partial charge in [-0.2, -0.15) is 5.26 Å². The first-order chi connectivity index (χ1) is 9.65. The number of likely N-dealkylation sites (N-methyl/N-ethyl adjacent to an activating group) is 1. The molecule has 4 nitrogen and oxygen atoms in total. The summed E-state index contributed by atoms with van der Waals surface area (Å²) in [5, 5.41) is 8.85. The molecule has 0 radical (unpaired) electrons. The minimum atomic E-state index is 0.639. The van der Waals surface area contributed by atoms with E-state index in [2.05, 4.69) is 36.9 Å². The van der Waals surface area contributed by atoms with Gasteiger partial charge < -0.3 is 9.64 Å². The van der Waals surface area contributed by atoms with Crippen molar-refractivity contribution in [1.29, 1.82) is 5.26 Å². The van der Waals surface area contributed by atoms with Crippen molar-refractivity contribution in [3.8, 4) is 11.8 Å². The summed E-state index contributed by atoms with van der Waals surface area (Å²) in [6.07, 6.45) is 1.15. The zero-order chi connectivity index (χ0) is 14.8. The highest BCUT2D eigenvalue weighted by atomic mass is 16.5. The van der Waals surface area contributed by atoms with Gasteiger partial charge in [0.05, 0.1) is 11.6 Å². The monoisotopic (exact) mass is 275 g/mol. The van der Waals surface area contributed by atoms with Crippen LogP contribution in [0, 0.1) is 11.3 Å². The van der Waals surface area contributed by atoms with Gasteiger partial charge in [-0.15, -0.1) is 0 Å². The van der Waals surface area contributed by atoms with Gasteiger partial charge in [0.1, 0.15) is 12.4 Å². The molecule has 0 aromatic heterocycles. The SMILES string of the molecule is CCCN(CCOc1cccc(C#N)c1)CCN(C)C. The number of hydrogen-bond acceptors (Lipinski definition) is 4. The predicted octanol–water partition coefficient (Wildman–Crippen LogP) is 2.21. The summed E-state index contributed by atoms with van der Waals surface area (Å²) in [6, 6.07) is 9.44. The topological polar surface area (TPSA) is 39.5 Å². The van der Waals surface area contributed by atoms with Crippen molar-refractivity contribution in [2.45, 2.75) is 13.3 Å². The molecule has 1 aromatic carbocycles. The number of nitriles is 1. The molecule has 0 N–H and O–H groups in total. The first kappa shape index (κ1) is 16.5. The summed E-state index contributed by atoms with van der Waals surface area (Å²) in [7, 11) is 4.18. The summed E-state index contributed by atoms with van der Waals surface area (Å²) < 4.78 is 5.73. The van der Waals surface area contributed by atoms with E-state index in [4.69, 9.17) is 10.00 Å². The third kappa shape index (κ3) is 6.55. The average Bonchev–Trinajstić information content (AvgIpc) is 2.45. The van der Waals surface area contributed by atoms with Crippen LogP contribution in [0.15, 0.2) is 24.3 Å². The fourth-order valence-electron chi connectivity index (χ4n) is 1.94. The first-order valence-corrected chi connectivity index (χ1v) is 7.15. The lowest BCUT2D eigenvalue weighted by Crippen LogP contribution is -2.35. The van der Waals surface area contributed by atoms with Crippen LogP contribution in [0.25, 0.3) is 0 Å². The summed E-state index contributed by atoms with van der Waals surface area (Å²) in [6.45, 7) is 6.97. The van der Waals surface area contributed by atoms with Crippen molar-refractivity contribution in [3.05, 3.63) is 29.8 Å². The quantitative estimate of drug-likeness (QED) is 0.693. The van der Waals surface area contributed by atoms with Gasteiger partial charge in [0.2, 0.25) is 0 Å². The second-order valence-electron chi connectivity index (χ2n) is 5.13. The Bertz CT molecular complexity index is 426. The van der Waals surface area contributed by atoms with Crippen LogP contribution in [0.1, 0.15) is 18.9 Å². The maximum Gasteiger partial charge on any atom is 0.120 e. The van der Waals surface area contributed by atoms with Crippen molar-refractivity contribution < 1.29 is 4.74 Å². The molecule has 0 aliphatic heterocycles. The van der Waals surface area contributed by atoms with Gasteiger partial charge in [-0.25, -0.2) is 0 Å². The number of hydrogen-bond donors (Lipinski definition) is 0. The van der Waals surface area contributed by atoms with E-state index in [9.17, 15) is 0 Å². The molecule has 0 saturated heterocycles. The van der Waals surface area contributed by atoms with Crippen molar-refractivity contribution >= 4 is 0 Å². The Morgan fingerprint density at radius 1 is 1.15 bits per heavy atom. The number of benzene rings is 1. The summed E-state index contributed by atoms with van der Waals surface area (Å²) in [5.41, 5.74) is 0.639. The number of nitrogens with zero attached hydrogens (tertiary/aromatic N) is 3. The highest BCUT2D eigenvalue weighted by molar-refractivity contribution is 5.36. The minimum absolute atomic E-state index is 0.639. The van der Waals surface area contributed by atoms with Gasteiger partial charge in [-0.05, 0) is 45.3 Å². The van der Waals surface area contributed by atoms with Crippen LogP contribution in [0.5, 0.6) is 5.75 Å². The zero-order valence-corrected chi connectivity index (χ0v) is 12.8. The normalized spacial score (nSPS) is 10.8. The van der Waals surface area contributed by atoms with E-state index in [-0.39, 0.29) is 0 Å². The highest BCUT2D eigenvalue weighted by Gasteiger charge is 2.05. The predicted molar refractivity (Wildman–Crippen MR) is 81.9 cm³/mol. The fraction of sp³-hybridized carbons (Fsp3) is 0.562. The Morgan fingerprint density at radius 2 is 1.95 bits per heavy atom. The lowest BCUT2D eigenvalue weighted by molar-refractivity contribution is 0.194. The second kappa shape index (κ2) is 9.35. The maximum absolute atomic E-state index is 8.85. The Labute approximate surface area is 122 Å². The van der Waals surface area contributed by atoms with Gasteiger partial charge >= 0.3 is 0 Å². The molecule has 0 saturated carbocycles. The van der Waals surface area contributed by atoms with Gasteiger partial charge in [-0.3, -0.25) is 4.90 Å². The third-order valence-electron chi connectivity index (χ3n) is 3.04. The highest BCUT2D eigenvalue weighted by Crippen LogP contribution is 2.12. The molecule has 0 bridgehead atoms. The molecule has 4 heteroatoms. The molecule has 0 heterocycles. The van der Waals surface area contributed by atoms with Crippen LogP contribution < -0.4 is 4.74 Å². The number of ether oxygens (including phenoxy) is 1. The van der Waals surface area contributed by atoms with E-state index < -0.39 is 0 Å². The Kier molecular flexibility index (Phi) is 7.71. The molecule has 0 atom stereocenters. The maximum atomic E-state index is 8.85. The van der Waals surface area contributed by atoms with Crippen molar-refractivity contribution in [3.63, 3.8) is 0 Å². The smallest absolute Gasteiger partial charge is 0.120 e. The molecule has 0 aliphatic carbocycles. The first-order valence-electron chi connectivity index (χ1n) is 7.15. The molecular formula is C16H25N3O. The lowest BCUT2D eigenvalue weighted by atomic mass is 10.2. The summed E-state index contributed by atoms with van der Waals surface area (Å²) >= 11 is 0. The summed E-state index contributed by atoms with van der Waals surface area (Å²) in [4.78, 5) is 4.61. The third-order valence-corrected chi connectivity index (χ3v) is 3.04. The van der Waals surface area contributed by atoms with Crippen molar-refractivity contribution in [1.82, 2.24) is 9.80 Å². The molecule has 1 rings (SSSR count). The molecule has 0 fully saturated rings. The van der Waals surface area contributed by atoms with Gasteiger partial charge in [0.15, 0.2) is 0 Å². The fourth-order valence-corrected chi connectivity index (χ4v) is 1.94. The molecular weight excluding hydrogens is 250 g/mol. The van der Waals surface area contributed by atoms with Crippen LogP contribution in [0.2, 0.25) is 0 Å². The van der Waals surface area contributed by atoms with Crippen LogP contribution in [-0.2, 0) is 0 Å². The molecule has 110 valence electrons. The van der Waals surface area contributed by atoms with Gasteiger partial charge in [0.25, 0.3) is 0 Å². The van der Waals surface area contributed by atoms with Crippen LogP contribution in [0.3, 0.4) is 0 Å². The Balaban J connectivity index is 2.37. The van der Waals surface area contributed by atoms with Gasteiger partial charge in [-0.1, -0.05) is 13.0 Å². The zero-order valence-electron chi connectivity index (χ0n) is 12.8.